The lowest BCUT2D eigenvalue weighted by atomic mass is 10.1. The molecular weight excluding hydrogens is 326 g/mol. The number of carbonyl (C=O) groups excluding carboxylic acids is 2. The normalized spacial score (nSPS) is 11.8. The monoisotopic (exact) mass is 347 g/mol. The number of ether oxygens (including phenoxy) is 1. The molecule has 0 aliphatic heterocycles. The van der Waals surface area contributed by atoms with Crippen molar-refractivity contribution in [2.45, 2.75) is 37.3 Å². The molecule has 0 radical (unpaired) electrons. The second kappa shape index (κ2) is 8.54. The molecule has 7 heteroatoms. The van der Waals surface area contributed by atoms with Crippen molar-refractivity contribution in [3.8, 4) is 0 Å². The van der Waals surface area contributed by atoms with Gasteiger partial charge < -0.3 is 14.6 Å². The van der Waals surface area contributed by atoms with E-state index in [2.05, 4.69) is 15.0 Å². The Balaban J connectivity index is 1.87. The minimum absolute atomic E-state index is 0.0531. The number of aryl methyl sites for hydroxylation is 1. The van der Waals surface area contributed by atoms with E-state index in [-0.39, 0.29) is 17.1 Å². The van der Waals surface area contributed by atoms with Gasteiger partial charge in [0.25, 0.3) is 0 Å². The molecule has 1 heterocycles. The lowest BCUT2D eigenvalue weighted by molar-refractivity contribution is -0.120. The lowest BCUT2D eigenvalue weighted by Gasteiger charge is -2.12. The molecule has 0 bridgehead atoms. The Labute approximate surface area is 145 Å². The highest BCUT2D eigenvalue weighted by Gasteiger charge is 2.16. The molecule has 2 rings (SSSR count). The summed E-state index contributed by atoms with van der Waals surface area (Å²) in [5.74, 6) is -0.426. The van der Waals surface area contributed by atoms with E-state index in [0.29, 0.717) is 12.1 Å². The minimum atomic E-state index is -0.373. The molecule has 1 atom stereocenters. The Morgan fingerprint density at radius 1 is 1.33 bits per heavy atom. The molecular formula is C17H21N3O3S. The second-order valence-corrected chi connectivity index (χ2v) is 6.47. The maximum absolute atomic E-state index is 12.2. The molecule has 2 aromatic rings. The molecule has 0 saturated carbocycles. The molecule has 0 aliphatic carbocycles. The number of hydrogen-bond donors (Lipinski definition) is 1. The number of rotatable bonds is 7. The number of nitrogens with one attached hydrogen (secondary N) is 1. The number of benzene rings is 1. The summed E-state index contributed by atoms with van der Waals surface area (Å²) in [6.07, 6.45) is 3.63. The smallest absolute Gasteiger partial charge is 0.337 e. The Morgan fingerprint density at radius 2 is 2.04 bits per heavy atom. The zero-order chi connectivity index (χ0) is 17.5. The molecule has 1 aromatic carbocycles. The molecule has 0 saturated heterocycles. The standard InChI is InChI=1S/C17H21N3O3S/c1-4-20-10-9-18-17(20)24-12(2)15(21)19-11-13-5-7-14(8-6-13)16(22)23-3/h5-10,12H,4,11H2,1-3H3,(H,19,21). The summed E-state index contributed by atoms with van der Waals surface area (Å²) in [6, 6.07) is 6.97. The van der Waals surface area contributed by atoms with Crippen molar-refractivity contribution in [3.05, 3.63) is 47.8 Å². The third kappa shape index (κ3) is 4.61. The highest BCUT2D eigenvalue weighted by Crippen LogP contribution is 2.21. The Kier molecular flexibility index (Phi) is 6.43. The fourth-order valence-electron chi connectivity index (χ4n) is 2.08. The minimum Gasteiger partial charge on any atom is -0.465 e. The third-order valence-corrected chi connectivity index (χ3v) is 4.63. The van der Waals surface area contributed by atoms with E-state index in [0.717, 1.165) is 17.3 Å². The van der Waals surface area contributed by atoms with Gasteiger partial charge in [-0.25, -0.2) is 9.78 Å². The average molecular weight is 347 g/mol. The van der Waals surface area contributed by atoms with Crippen LogP contribution in [0.4, 0.5) is 0 Å². The van der Waals surface area contributed by atoms with E-state index in [1.807, 2.05) is 24.6 Å². The van der Waals surface area contributed by atoms with Crippen LogP contribution in [-0.4, -0.2) is 33.8 Å². The quantitative estimate of drug-likeness (QED) is 0.615. The van der Waals surface area contributed by atoms with Gasteiger partial charge in [-0.15, -0.1) is 0 Å². The highest BCUT2D eigenvalue weighted by molar-refractivity contribution is 8.00. The molecule has 24 heavy (non-hydrogen) atoms. The van der Waals surface area contributed by atoms with Gasteiger partial charge in [-0.2, -0.15) is 0 Å². The first kappa shape index (κ1) is 18.1. The maximum atomic E-state index is 12.2. The summed E-state index contributed by atoms with van der Waals surface area (Å²) >= 11 is 1.43. The van der Waals surface area contributed by atoms with Gasteiger partial charge in [0, 0.05) is 25.5 Å². The first-order chi connectivity index (χ1) is 11.5. The van der Waals surface area contributed by atoms with Crippen LogP contribution in [0.5, 0.6) is 0 Å². The zero-order valence-corrected chi connectivity index (χ0v) is 14.8. The van der Waals surface area contributed by atoms with Gasteiger partial charge in [0.2, 0.25) is 5.91 Å². The van der Waals surface area contributed by atoms with Crippen molar-refractivity contribution in [1.82, 2.24) is 14.9 Å². The lowest BCUT2D eigenvalue weighted by Crippen LogP contribution is -2.30. The molecule has 0 spiro atoms. The first-order valence-electron chi connectivity index (χ1n) is 7.68. The van der Waals surface area contributed by atoms with Crippen molar-refractivity contribution in [2.24, 2.45) is 0 Å². The molecule has 0 aliphatic rings. The number of amides is 1. The number of carbonyl (C=O) groups is 2. The van der Waals surface area contributed by atoms with E-state index in [9.17, 15) is 9.59 Å². The number of aromatic nitrogens is 2. The van der Waals surface area contributed by atoms with Crippen LogP contribution in [0.3, 0.4) is 0 Å². The molecule has 1 N–H and O–H groups in total. The largest absolute Gasteiger partial charge is 0.465 e. The fourth-order valence-corrected chi connectivity index (χ4v) is 3.03. The number of thioether (sulfide) groups is 1. The van der Waals surface area contributed by atoms with Gasteiger partial charge in [-0.05, 0) is 31.5 Å². The van der Waals surface area contributed by atoms with Crippen molar-refractivity contribution in [1.29, 1.82) is 0 Å². The predicted octanol–water partition coefficient (Wildman–Crippen LogP) is 2.49. The van der Waals surface area contributed by atoms with Gasteiger partial charge in [-0.3, -0.25) is 4.79 Å². The Bertz CT molecular complexity index is 697. The fraction of sp³-hybridized carbons (Fsp3) is 0.353. The summed E-state index contributed by atoms with van der Waals surface area (Å²) in [5.41, 5.74) is 1.41. The maximum Gasteiger partial charge on any atom is 0.337 e. The highest BCUT2D eigenvalue weighted by atomic mass is 32.2. The van der Waals surface area contributed by atoms with Crippen LogP contribution in [0.2, 0.25) is 0 Å². The molecule has 1 aromatic heterocycles. The van der Waals surface area contributed by atoms with Crippen LogP contribution >= 0.6 is 11.8 Å². The summed E-state index contributed by atoms with van der Waals surface area (Å²) < 4.78 is 6.66. The number of esters is 1. The van der Waals surface area contributed by atoms with E-state index in [1.54, 1.807) is 30.5 Å². The Hall–Kier alpha value is -2.28. The molecule has 1 unspecified atom stereocenters. The number of hydrogen-bond acceptors (Lipinski definition) is 5. The van der Waals surface area contributed by atoms with Crippen LogP contribution in [-0.2, 0) is 22.6 Å². The van der Waals surface area contributed by atoms with E-state index in [1.165, 1.54) is 18.9 Å². The number of nitrogens with zero attached hydrogens (tertiary/aromatic N) is 2. The Morgan fingerprint density at radius 3 is 2.67 bits per heavy atom. The molecule has 6 nitrogen and oxygen atoms in total. The van der Waals surface area contributed by atoms with Crippen molar-refractivity contribution in [3.63, 3.8) is 0 Å². The van der Waals surface area contributed by atoms with Crippen molar-refractivity contribution < 1.29 is 14.3 Å². The number of methoxy groups -OCH3 is 1. The van der Waals surface area contributed by atoms with Gasteiger partial charge in [0.1, 0.15) is 0 Å². The van der Waals surface area contributed by atoms with E-state index in [4.69, 9.17) is 0 Å². The van der Waals surface area contributed by atoms with Gasteiger partial charge in [-0.1, -0.05) is 23.9 Å². The predicted molar refractivity (Wildman–Crippen MR) is 92.8 cm³/mol. The summed E-state index contributed by atoms with van der Waals surface area (Å²) in [6.45, 7) is 5.13. The van der Waals surface area contributed by atoms with Gasteiger partial charge in [0.05, 0.1) is 17.9 Å². The van der Waals surface area contributed by atoms with Crippen molar-refractivity contribution in [2.75, 3.05) is 7.11 Å². The van der Waals surface area contributed by atoms with Crippen LogP contribution in [0.15, 0.2) is 41.8 Å². The molecule has 128 valence electrons. The average Bonchev–Trinajstić information content (AvgIpc) is 3.06. The molecule has 1 amide bonds. The van der Waals surface area contributed by atoms with Gasteiger partial charge in [0.15, 0.2) is 5.16 Å². The van der Waals surface area contributed by atoms with Crippen LogP contribution < -0.4 is 5.32 Å². The summed E-state index contributed by atoms with van der Waals surface area (Å²) in [5, 5.41) is 3.49. The van der Waals surface area contributed by atoms with E-state index >= 15 is 0 Å². The molecule has 0 fully saturated rings. The summed E-state index contributed by atoms with van der Waals surface area (Å²) in [7, 11) is 1.35. The van der Waals surface area contributed by atoms with Crippen LogP contribution in [0, 0.1) is 0 Å². The first-order valence-corrected chi connectivity index (χ1v) is 8.55. The third-order valence-electron chi connectivity index (χ3n) is 3.51. The van der Waals surface area contributed by atoms with Crippen LogP contribution in [0.25, 0.3) is 0 Å². The van der Waals surface area contributed by atoms with Crippen molar-refractivity contribution >= 4 is 23.6 Å². The van der Waals surface area contributed by atoms with E-state index < -0.39 is 0 Å². The second-order valence-electron chi connectivity index (χ2n) is 5.16. The van der Waals surface area contributed by atoms with Gasteiger partial charge >= 0.3 is 5.97 Å². The van der Waals surface area contributed by atoms with Crippen LogP contribution in [0.1, 0.15) is 29.8 Å². The topological polar surface area (TPSA) is 73.2 Å². The SMILES string of the molecule is CCn1ccnc1SC(C)C(=O)NCc1ccc(C(=O)OC)cc1. The zero-order valence-electron chi connectivity index (χ0n) is 14.0. The number of imidazole rings is 1. The summed E-state index contributed by atoms with van der Waals surface area (Å²) in [4.78, 5) is 27.9.